The zero-order chi connectivity index (χ0) is 8.97. The third-order valence-electron chi connectivity index (χ3n) is 1.25. The Morgan fingerprint density at radius 1 is 1.67 bits per heavy atom. The average Bonchev–Trinajstić information content (AvgIpc) is 2.06. The molecule has 6 heteroatoms. The third kappa shape index (κ3) is 1.97. The number of nitro groups is 1. The number of hydrogen-bond acceptors (Lipinski definition) is 5. The highest BCUT2D eigenvalue weighted by atomic mass is 16.6. The monoisotopic (exact) mass is 169 g/mol. The molecular weight excluding hydrogens is 162 g/mol. The minimum Gasteiger partial charge on any atom is -0.298 e. The highest BCUT2D eigenvalue weighted by Gasteiger charge is 2.04. The van der Waals surface area contributed by atoms with Gasteiger partial charge in [0.05, 0.1) is 10.6 Å². The number of nitrogens with zero attached hydrogens (tertiary/aromatic N) is 2. The molecule has 1 aromatic heterocycles. The Balaban J connectivity index is 2.78. The van der Waals surface area contributed by atoms with Crippen molar-refractivity contribution in [1.82, 2.24) is 4.98 Å². The summed E-state index contributed by atoms with van der Waals surface area (Å²) in [7, 11) is 0. The number of rotatable bonds is 3. The number of pyridine rings is 1. The summed E-state index contributed by atoms with van der Waals surface area (Å²) in [6.45, 7) is 0.151. The van der Waals surface area contributed by atoms with E-state index in [9.17, 15) is 10.1 Å². The first-order valence-corrected chi connectivity index (χ1v) is 3.15. The Kier molecular flexibility index (Phi) is 2.67. The lowest BCUT2D eigenvalue weighted by Gasteiger charge is -1.95. The van der Waals surface area contributed by atoms with Gasteiger partial charge in [-0.15, -0.1) is 0 Å². The molecule has 1 aromatic rings. The van der Waals surface area contributed by atoms with Crippen LogP contribution in [-0.4, -0.2) is 9.91 Å². The van der Waals surface area contributed by atoms with Crippen LogP contribution in [0.4, 0.5) is 5.69 Å². The summed E-state index contributed by atoms with van der Waals surface area (Å²) in [5.41, 5.74) is 0.513. The summed E-state index contributed by atoms with van der Waals surface area (Å²) < 4.78 is 0. The van der Waals surface area contributed by atoms with Gasteiger partial charge in [-0.1, -0.05) is 0 Å². The van der Waals surface area contributed by atoms with Crippen LogP contribution < -0.4 is 5.90 Å². The molecule has 0 aliphatic carbocycles. The Labute approximate surface area is 68.1 Å². The number of hydrogen-bond donors (Lipinski definition) is 1. The maximum absolute atomic E-state index is 10.2. The summed E-state index contributed by atoms with van der Waals surface area (Å²) in [6, 6.07) is 2.84. The molecule has 1 rings (SSSR count). The van der Waals surface area contributed by atoms with E-state index < -0.39 is 4.92 Å². The summed E-state index contributed by atoms with van der Waals surface area (Å²) in [5.74, 6) is 4.78. The predicted octanol–water partition coefficient (Wildman–Crippen LogP) is 0.380. The van der Waals surface area contributed by atoms with E-state index in [1.54, 1.807) is 0 Å². The van der Waals surface area contributed by atoms with Gasteiger partial charge in [0.15, 0.2) is 0 Å². The molecular formula is C6H7N3O3. The summed E-state index contributed by atoms with van der Waals surface area (Å²) in [6.07, 6.45) is 1.16. The van der Waals surface area contributed by atoms with Crippen molar-refractivity contribution in [2.75, 3.05) is 0 Å². The minimum atomic E-state index is -0.514. The van der Waals surface area contributed by atoms with E-state index in [-0.39, 0.29) is 12.3 Å². The quantitative estimate of drug-likeness (QED) is 0.521. The molecule has 12 heavy (non-hydrogen) atoms. The molecule has 0 aromatic carbocycles. The molecule has 0 saturated carbocycles. The van der Waals surface area contributed by atoms with E-state index in [1.807, 2.05) is 0 Å². The van der Waals surface area contributed by atoms with Gasteiger partial charge >= 0.3 is 0 Å². The standard InChI is InChI=1S/C6H7N3O3/c7-12-4-5-1-2-6(3-8-5)9(10)11/h1-3H,4,7H2. The Morgan fingerprint density at radius 2 is 2.42 bits per heavy atom. The Hall–Kier alpha value is -1.53. The van der Waals surface area contributed by atoms with Crippen molar-refractivity contribution in [2.24, 2.45) is 5.90 Å². The second-order valence-corrected chi connectivity index (χ2v) is 2.08. The van der Waals surface area contributed by atoms with E-state index in [2.05, 4.69) is 9.82 Å². The fourth-order valence-corrected chi connectivity index (χ4v) is 0.695. The summed E-state index contributed by atoms with van der Waals surface area (Å²) >= 11 is 0. The first kappa shape index (κ1) is 8.57. The molecule has 64 valence electrons. The largest absolute Gasteiger partial charge is 0.298 e. The van der Waals surface area contributed by atoms with Crippen LogP contribution in [0.5, 0.6) is 0 Å². The Morgan fingerprint density at radius 3 is 2.83 bits per heavy atom. The molecule has 0 spiro atoms. The van der Waals surface area contributed by atoms with Crippen molar-refractivity contribution in [3.63, 3.8) is 0 Å². The maximum Gasteiger partial charge on any atom is 0.287 e. The van der Waals surface area contributed by atoms with Gasteiger partial charge in [0.25, 0.3) is 5.69 Å². The molecule has 0 amide bonds. The summed E-state index contributed by atoms with van der Waals surface area (Å²) in [4.78, 5) is 17.7. The first-order valence-electron chi connectivity index (χ1n) is 3.15. The molecule has 0 unspecified atom stereocenters. The molecule has 0 radical (unpaired) electrons. The van der Waals surface area contributed by atoms with Crippen LogP contribution in [0, 0.1) is 10.1 Å². The van der Waals surface area contributed by atoms with Gasteiger partial charge in [-0.2, -0.15) is 0 Å². The smallest absolute Gasteiger partial charge is 0.287 e. The zero-order valence-corrected chi connectivity index (χ0v) is 6.14. The van der Waals surface area contributed by atoms with Crippen molar-refractivity contribution in [1.29, 1.82) is 0 Å². The van der Waals surface area contributed by atoms with E-state index in [4.69, 9.17) is 5.90 Å². The highest BCUT2D eigenvalue weighted by Crippen LogP contribution is 2.08. The second kappa shape index (κ2) is 3.74. The van der Waals surface area contributed by atoms with Crippen molar-refractivity contribution >= 4 is 5.69 Å². The SMILES string of the molecule is NOCc1ccc([N+](=O)[O-])cn1. The van der Waals surface area contributed by atoms with Crippen LogP contribution >= 0.6 is 0 Å². The van der Waals surface area contributed by atoms with Crippen LogP contribution in [0.25, 0.3) is 0 Å². The molecule has 2 N–H and O–H groups in total. The van der Waals surface area contributed by atoms with Crippen LogP contribution in [0.3, 0.4) is 0 Å². The van der Waals surface area contributed by atoms with Crippen LogP contribution in [0.15, 0.2) is 18.3 Å². The van der Waals surface area contributed by atoms with Gasteiger partial charge in [0.2, 0.25) is 0 Å². The Bertz CT molecular complexity index is 272. The summed E-state index contributed by atoms with van der Waals surface area (Å²) in [5, 5.41) is 10.2. The molecule has 0 aliphatic rings. The first-order chi connectivity index (χ1) is 5.74. The lowest BCUT2D eigenvalue weighted by atomic mass is 10.3. The van der Waals surface area contributed by atoms with Crippen LogP contribution in [-0.2, 0) is 11.4 Å². The topological polar surface area (TPSA) is 91.3 Å². The van der Waals surface area contributed by atoms with Gasteiger partial charge < -0.3 is 0 Å². The van der Waals surface area contributed by atoms with Gasteiger partial charge in [-0.25, -0.2) is 5.90 Å². The third-order valence-corrected chi connectivity index (χ3v) is 1.25. The van der Waals surface area contributed by atoms with Gasteiger partial charge in [0, 0.05) is 6.07 Å². The lowest BCUT2D eigenvalue weighted by Crippen LogP contribution is -2.01. The van der Waals surface area contributed by atoms with E-state index >= 15 is 0 Å². The molecule has 0 atom stereocenters. The second-order valence-electron chi connectivity index (χ2n) is 2.08. The normalized spacial score (nSPS) is 9.75. The molecule has 6 nitrogen and oxygen atoms in total. The molecule has 0 aliphatic heterocycles. The average molecular weight is 169 g/mol. The van der Waals surface area contributed by atoms with E-state index in [0.717, 1.165) is 6.20 Å². The maximum atomic E-state index is 10.2. The van der Waals surface area contributed by atoms with Gasteiger partial charge in [-0.3, -0.25) is 19.9 Å². The molecule has 0 bridgehead atoms. The van der Waals surface area contributed by atoms with Gasteiger partial charge in [0.1, 0.15) is 12.8 Å². The van der Waals surface area contributed by atoms with Crippen LogP contribution in [0.2, 0.25) is 0 Å². The highest BCUT2D eigenvalue weighted by molar-refractivity contribution is 5.26. The van der Waals surface area contributed by atoms with Crippen LogP contribution in [0.1, 0.15) is 5.69 Å². The minimum absolute atomic E-state index is 0.0456. The molecule has 0 fully saturated rings. The van der Waals surface area contributed by atoms with Crippen molar-refractivity contribution in [3.8, 4) is 0 Å². The lowest BCUT2D eigenvalue weighted by molar-refractivity contribution is -0.385. The predicted molar refractivity (Wildman–Crippen MR) is 39.9 cm³/mol. The molecule has 1 heterocycles. The van der Waals surface area contributed by atoms with Crippen molar-refractivity contribution in [3.05, 3.63) is 34.1 Å². The van der Waals surface area contributed by atoms with E-state index in [0.29, 0.717) is 5.69 Å². The molecule has 0 saturated heterocycles. The van der Waals surface area contributed by atoms with Crippen molar-refractivity contribution in [2.45, 2.75) is 6.61 Å². The van der Waals surface area contributed by atoms with E-state index in [1.165, 1.54) is 12.1 Å². The number of aromatic nitrogens is 1. The number of nitrogens with two attached hydrogens (primary N) is 1. The van der Waals surface area contributed by atoms with Gasteiger partial charge in [-0.05, 0) is 6.07 Å². The fraction of sp³-hybridized carbons (Fsp3) is 0.167. The van der Waals surface area contributed by atoms with Crippen molar-refractivity contribution < 1.29 is 9.76 Å². The zero-order valence-electron chi connectivity index (χ0n) is 6.14. The fourth-order valence-electron chi connectivity index (χ4n) is 0.695.